The zero-order valence-corrected chi connectivity index (χ0v) is 11.2. The van der Waals surface area contributed by atoms with Gasteiger partial charge in [0.15, 0.2) is 0 Å². The van der Waals surface area contributed by atoms with Gasteiger partial charge in [-0.3, -0.25) is 0 Å². The molecule has 0 saturated carbocycles. The number of alkyl halides is 1. The largest absolute Gasteiger partial charge is 0.371 e. The Morgan fingerprint density at radius 1 is 1.24 bits per heavy atom. The normalized spacial score (nSPS) is 19.4. The van der Waals surface area contributed by atoms with E-state index in [1.807, 2.05) is 6.07 Å². The third kappa shape index (κ3) is 3.12. The summed E-state index contributed by atoms with van der Waals surface area (Å²) < 4.78 is 13.4. The number of piperidine rings is 1. The Labute approximate surface area is 108 Å². The number of halogens is 2. The van der Waals surface area contributed by atoms with E-state index in [1.165, 1.54) is 6.07 Å². The van der Waals surface area contributed by atoms with E-state index in [2.05, 4.69) is 18.7 Å². The maximum atomic E-state index is 13.4. The van der Waals surface area contributed by atoms with Crippen molar-refractivity contribution in [3.05, 3.63) is 29.6 Å². The standard InChI is InChI=1S/C14H19ClFN/c1-14(2)3-5-17(6-4-14)13-8-11(10-15)7-12(16)9-13/h7-9H,3-6,10H2,1-2H3. The molecule has 0 atom stereocenters. The molecule has 1 aliphatic rings. The van der Waals surface area contributed by atoms with E-state index in [4.69, 9.17) is 11.6 Å². The Kier molecular flexibility index (Phi) is 3.62. The highest BCUT2D eigenvalue weighted by molar-refractivity contribution is 6.17. The number of benzene rings is 1. The van der Waals surface area contributed by atoms with Gasteiger partial charge < -0.3 is 4.90 Å². The van der Waals surface area contributed by atoms with Crippen molar-refractivity contribution < 1.29 is 4.39 Å². The monoisotopic (exact) mass is 255 g/mol. The van der Waals surface area contributed by atoms with Crippen LogP contribution in [0.15, 0.2) is 18.2 Å². The molecule has 94 valence electrons. The second-order valence-electron chi connectivity index (χ2n) is 5.60. The van der Waals surface area contributed by atoms with E-state index < -0.39 is 0 Å². The first kappa shape index (κ1) is 12.7. The van der Waals surface area contributed by atoms with Gasteiger partial charge in [-0.25, -0.2) is 4.39 Å². The van der Waals surface area contributed by atoms with Gasteiger partial charge in [-0.2, -0.15) is 0 Å². The summed E-state index contributed by atoms with van der Waals surface area (Å²) in [4.78, 5) is 2.25. The van der Waals surface area contributed by atoms with Crippen LogP contribution < -0.4 is 4.90 Å². The highest BCUT2D eigenvalue weighted by Gasteiger charge is 2.25. The average Bonchev–Trinajstić information content (AvgIpc) is 2.28. The fourth-order valence-electron chi connectivity index (χ4n) is 2.26. The van der Waals surface area contributed by atoms with E-state index in [-0.39, 0.29) is 5.82 Å². The molecule has 3 heteroatoms. The van der Waals surface area contributed by atoms with E-state index in [9.17, 15) is 4.39 Å². The molecule has 0 aliphatic carbocycles. The molecule has 17 heavy (non-hydrogen) atoms. The van der Waals surface area contributed by atoms with Crippen LogP contribution in [0.2, 0.25) is 0 Å². The summed E-state index contributed by atoms with van der Waals surface area (Å²) in [6.45, 7) is 6.58. The lowest BCUT2D eigenvalue weighted by molar-refractivity contribution is 0.280. The van der Waals surface area contributed by atoms with Crippen LogP contribution in [0, 0.1) is 11.2 Å². The number of hydrogen-bond donors (Lipinski definition) is 0. The molecule has 1 aliphatic heterocycles. The molecule has 1 saturated heterocycles. The molecule has 2 rings (SSSR count). The van der Waals surface area contributed by atoms with E-state index in [0.29, 0.717) is 11.3 Å². The van der Waals surface area contributed by atoms with Gasteiger partial charge in [-0.1, -0.05) is 13.8 Å². The fourth-order valence-corrected chi connectivity index (χ4v) is 2.42. The minimum absolute atomic E-state index is 0.192. The van der Waals surface area contributed by atoms with Crippen molar-refractivity contribution in [1.82, 2.24) is 0 Å². The Balaban J connectivity index is 2.15. The van der Waals surface area contributed by atoms with Crippen molar-refractivity contribution in [3.8, 4) is 0 Å². The molecule has 0 bridgehead atoms. The van der Waals surface area contributed by atoms with Crippen molar-refractivity contribution >= 4 is 17.3 Å². The highest BCUT2D eigenvalue weighted by Crippen LogP contribution is 2.32. The molecule has 1 aromatic carbocycles. The zero-order chi connectivity index (χ0) is 12.5. The van der Waals surface area contributed by atoms with E-state index in [0.717, 1.165) is 37.2 Å². The molecule has 0 aromatic heterocycles. The number of rotatable bonds is 2. The first-order valence-corrected chi connectivity index (χ1v) is 6.64. The SMILES string of the molecule is CC1(C)CCN(c2cc(F)cc(CCl)c2)CC1. The van der Waals surface area contributed by atoms with Gasteiger partial charge >= 0.3 is 0 Å². The summed E-state index contributed by atoms with van der Waals surface area (Å²) in [6, 6.07) is 5.10. The lowest BCUT2D eigenvalue weighted by Gasteiger charge is -2.38. The molecule has 0 amide bonds. The van der Waals surface area contributed by atoms with Gasteiger partial charge in [-0.05, 0) is 42.0 Å². The molecule has 1 nitrogen and oxygen atoms in total. The van der Waals surface area contributed by atoms with Crippen LogP contribution in [0.5, 0.6) is 0 Å². The summed E-state index contributed by atoms with van der Waals surface area (Å²) >= 11 is 5.77. The zero-order valence-electron chi connectivity index (χ0n) is 10.5. The number of nitrogens with zero attached hydrogens (tertiary/aromatic N) is 1. The lowest BCUT2D eigenvalue weighted by atomic mass is 9.82. The third-order valence-corrected chi connectivity index (χ3v) is 3.89. The lowest BCUT2D eigenvalue weighted by Crippen LogP contribution is -2.37. The number of hydrogen-bond acceptors (Lipinski definition) is 1. The molecule has 1 fully saturated rings. The van der Waals surface area contributed by atoms with Gasteiger partial charge in [0.1, 0.15) is 5.82 Å². The summed E-state index contributed by atoms with van der Waals surface area (Å²) in [6.07, 6.45) is 2.31. The second kappa shape index (κ2) is 4.85. The topological polar surface area (TPSA) is 3.24 Å². The van der Waals surface area contributed by atoms with Crippen molar-refractivity contribution in [2.75, 3.05) is 18.0 Å². The fraction of sp³-hybridized carbons (Fsp3) is 0.571. The molecular formula is C14H19ClFN. The van der Waals surface area contributed by atoms with Crippen LogP contribution >= 0.6 is 11.6 Å². The summed E-state index contributed by atoms with van der Waals surface area (Å²) in [5, 5.41) is 0. The smallest absolute Gasteiger partial charge is 0.125 e. The molecule has 0 unspecified atom stereocenters. The van der Waals surface area contributed by atoms with Crippen LogP contribution in [0.3, 0.4) is 0 Å². The number of anilines is 1. The van der Waals surface area contributed by atoms with Crippen LogP contribution in [-0.2, 0) is 5.88 Å². The molecular weight excluding hydrogens is 237 g/mol. The predicted octanol–water partition coefficient (Wildman–Crippen LogP) is 4.19. The average molecular weight is 256 g/mol. The van der Waals surface area contributed by atoms with Crippen LogP contribution in [0.4, 0.5) is 10.1 Å². The quantitative estimate of drug-likeness (QED) is 0.717. The first-order chi connectivity index (χ1) is 8.00. The summed E-state index contributed by atoms with van der Waals surface area (Å²) in [5.74, 6) is 0.173. The van der Waals surface area contributed by atoms with Crippen LogP contribution in [0.1, 0.15) is 32.3 Å². The van der Waals surface area contributed by atoms with Gasteiger partial charge in [0.25, 0.3) is 0 Å². The molecule has 1 heterocycles. The van der Waals surface area contributed by atoms with Crippen molar-refractivity contribution in [2.45, 2.75) is 32.6 Å². The van der Waals surface area contributed by atoms with Crippen molar-refractivity contribution in [2.24, 2.45) is 5.41 Å². The van der Waals surface area contributed by atoms with Gasteiger partial charge in [0, 0.05) is 24.7 Å². The third-order valence-electron chi connectivity index (χ3n) is 3.58. The second-order valence-corrected chi connectivity index (χ2v) is 5.87. The molecule has 0 N–H and O–H groups in total. The van der Waals surface area contributed by atoms with Gasteiger partial charge in [0.2, 0.25) is 0 Å². The molecule has 0 radical (unpaired) electrons. The Morgan fingerprint density at radius 2 is 1.88 bits per heavy atom. The van der Waals surface area contributed by atoms with Crippen molar-refractivity contribution in [3.63, 3.8) is 0 Å². The Hall–Kier alpha value is -0.760. The minimum atomic E-state index is -0.192. The van der Waals surface area contributed by atoms with Gasteiger partial charge in [-0.15, -0.1) is 11.6 Å². The maximum absolute atomic E-state index is 13.4. The Morgan fingerprint density at radius 3 is 2.47 bits per heavy atom. The maximum Gasteiger partial charge on any atom is 0.125 e. The molecule has 0 spiro atoms. The van der Waals surface area contributed by atoms with Crippen molar-refractivity contribution in [1.29, 1.82) is 0 Å². The summed E-state index contributed by atoms with van der Waals surface area (Å²) in [5.41, 5.74) is 2.24. The van der Waals surface area contributed by atoms with Crippen LogP contribution in [0.25, 0.3) is 0 Å². The highest BCUT2D eigenvalue weighted by atomic mass is 35.5. The molecule has 1 aromatic rings. The minimum Gasteiger partial charge on any atom is -0.371 e. The van der Waals surface area contributed by atoms with E-state index in [1.54, 1.807) is 6.07 Å². The Bertz CT molecular complexity index is 393. The van der Waals surface area contributed by atoms with Crippen LogP contribution in [-0.4, -0.2) is 13.1 Å². The first-order valence-electron chi connectivity index (χ1n) is 6.11. The van der Waals surface area contributed by atoms with Gasteiger partial charge in [0.05, 0.1) is 0 Å². The van der Waals surface area contributed by atoms with E-state index >= 15 is 0 Å². The predicted molar refractivity (Wildman–Crippen MR) is 71.2 cm³/mol. The summed E-state index contributed by atoms with van der Waals surface area (Å²) in [7, 11) is 0.